The van der Waals surface area contributed by atoms with Crippen LogP contribution in [0.3, 0.4) is 0 Å². The number of hydrogen-bond donors (Lipinski definition) is 2. The highest BCUT2D eigenvalue weighted by Crippen LogP contribution is 2.12. The van der Waals surface area contributed by atoms with Crippen molar-refractivity contribution < 1.29 is 4.79 Å². The summed E-state index contributed by atoms with van der Waals surface area (Å²) in [6, 6.07) is 8.14. The summed E-state index contributed by atoms with van der Waals surface area (Å²) < 4.78 is 0. The summed E-state index contributed by atoms with van der Waals surface area (Å²) in [5, 5.41) is 2.87. The van der Waals surface area contributed by atoms with E-state index in [1.807, 2.05) is 31.2 Å². The second kappa shape index (κ2) is 7.07. The van der Waals surface area contributed by atoms with Gasteiger partial charge in [-0.3, -0.25) is 4.79 Å². The molecular weight excluding hydrogens is 212 g/mol. The van der Waals surface area contributed by atoms with Crippen molar-refractivity contribution in [2.45, 2.75) is 45.6 Å². The zero-order valence-electron chi connectivity index (χ0n) is 10.7. The Kier molecular flexibility index (Phi) is 5.70. The standard InChI is InChI=1S/C14H22N2O/c1-3-5-14(17)16-13-8-6-11(7-9-13)10-12(15)4-2/h6-9,12H,3-5,10,15H2,1-2H3,(H,16,17). The number of hydrogen-bond acceptors (Lipinski definition) is 2. The molecule has 0 aromatic heterocycles. The van der Waals surface area contributed by atoms with Crippen molar-refractivity contribution in [1.29, 1.82) is 0 Å². The lowest BCUT2D eigenvalue weighted by Gasteiger charge is -2.09. The molecule has 3 heteroatoms. The molecule has 17 heavy (non-hydrogen) atoms. The van der Waals surface area contributed by atoms with E-state index in [2.05, 4.69) is 12.2 Å². The number of anilines is 1. The fourth-order valence-electron chi connectivity index (χ4n) is 1.62. The van der Waals surface area contributed by atoms with Crippen molar-refractivity contribution in [3.8, 4) is 0 Å². The summed E-state index contributed by atoms with van der Waals surface area (Å²) >= 11 is 0. The van der Waals surface area contributed by atoms with Crippen LogP contribution < -0.4 is 11.1 Å². The SMILES string of the molecule is CCCC(=O)Nc1ccc(CC(N)CC)cc1. The zero-order chi connectivity index (χ0) is 12.7. The largest absolute Gasteiger partial charge is 0.327 e. The molecule has 1 aromatic carbocycles. The quantitative estimate of drug-likeness (QED) is 0.795. The Labute approximate surface area is 103 Å². The number of carbonyl (C=O) groups is 1. The predicted molar refractivity (Wildman–Crippen MR) is 72.0 cm³/mol. The minimum atomic E-state index is 0.0745. The van der Waals surface area contributed by atoms with Gasteiger partial charge in [-0.25, -0.2) is 0 Å². The van der Waals surface area contributed by atoms with Crippen molar-refractivity contribution in [1.82, 2.24) is 0 Å². The maximum Gasteiger partial charge on any atom is 0.224 e. The average molecular weight is 234 g/mol. The van der Waals surface area contributed by atoms with E-state index in [1.165, 1.54) is 5.56 Å². The minimum Gasteiger partial charge on any atom is -0.327 e. The molecule has 0 aliphatic rings. The van der Waals surface area contributed by atoms with Crippen LogP contribution in [0.5, 0.6) is 0 Å². The second-order valence-corrected chi connectivity index (χ2v) is 4.37. The van der Waals surface area contributed by atoms with E-state index in [0.717, 1.165) is 24.9 Å². The molecule has 3 N–H and O–H groups in total. The van der Waals surface area contributed by atoms with Crippen molar-refractivity contribution >= 4 is 11.6 Å². The zero-order valence-corrected chi connectivity index (χ0v) is 10.7. The van der Waals surface area contributed by atoms with Gasteiger partial charge in [0.25, 0.3) is 0 Å². The van der Waals surface area contributed by atoms with E-state index < -0.39 is 0 Å². The molecule has 0 aliphatic heterocycles. The Morgan fingerprint density at radius 2 is 1.94 bits per heavy atom. The van der Waals surface area contributed by atoms with Gasteiger partial charge in [0, 0.05) is 18.2 Å². The van der Waals surface area contributed by atoms with Crippen molar-refractivity contribution in [2.24, 2.45) is 5.73 Å². The Hall–Kier alpha value is -1.35. The third-order valence-corrected chi connectivity index (χ3v) is 2.74. The van der Waals surface area contributed by atoms with E-state index >= 15 is 0 Å². The maximum atomic E-state index is 11.4. The van der Waals surface area contributed by atoms with Crippen LogP contribution in [0.4, 0.5) is 5.69 Å². The summed E-state index contributed by atoms with van der Waals surface area (Å²) in [7, 11) is 0. The fourth-order valence-corrected chi connectivity index (χ4v) is 1.62. The highest BCUT2D eigenvalue weighted by atomic mass is 16.1. The summed E-state index contributed by atoms with van der Waals surface area (Å²) in [6.07, 6.45) is 3.31. The van der Waals surface area contributed by atoms with Crippen LogP contribution in [0.25, 0.3) is 0 Å². The molecule has 1 amide bonds. The van der Waals surface area contributed by atoms with E-state index in [4.69, 9.17) is 5.73 Å². The summed E-state index contributed by atoms with van der Waals surface area (Å²) in [4.78, 5) is 11.4. The third-order valence-electron chi connectivity index (χ3n) is 2.74. The Morgan fingerprint density at radius 3 is 2.47 bits per heavy atom. The van der Waals surface area contributed by atoms with Gasteiger partial charge in [0.1, 0.15) is 0 Å². The van der Waals surface area contributed by atoms with Gasteiger partial charge in [-0.15, -0.1) is 0 Å². The molecule has 0 bridgehead atoms. The summed E-state index contributed by atoms with van der Waals surface area (Å²) in [5.41, 5.74) is 7.97. The average Bonchev–Trinajstić information content (AvgIpc) is 2.32. The van der Waals surface area contributed by atoms with Crippen LogP contribution in [-0.4, -0.2) is 11.9 Å². The van der Waals surface area contributed by atoms with E-state index in [-0.39, 0.29) is 11.9 Å². The highest BCUT2D eigenvalue weighted by molar-refractivity contribution is 5.90. The van der Waals surface area contributed by atoms with Crippen LogP contribution in [-0.2, 0) is 11.2 Å². The summed E-state index contributed by atoms with van der Waals surface area (Å²) in [5.74, 6) is 0.0745. The first-order chi connectivity index (χ1) is 8.15. The van der Waals surface area contributed by atoms with Crippen LogP contribution in [0, 0.1) is 0 Å². The van der Waals surface area contributed by atoms with Crippen molar-refractivity contribution in [2.75, 3.05) is 5.32 Å². The number of rotatable bonds is 6. The van der Waals surface area contributed by atoms with Gasteiger partial charge in [0.2, 0.25) is 5.91 Å². The molecule has 0 heterocycles. The van der Waals surface area contributed by atoms with Crippen LogP contribution in [0.1, 0.15) is 38.7 Å². The molecule has 0 aliphatic carbocycles. The number of benzene rings is 1. The molecule has 0 saturated carbocycles. The van der Waals surface area contributed by atoms with Crippen LogP contribution in [0.15, 0.2) is 24.3 Å². The first-order valence-corrected chi connectivity index (χ1v) is 6.30. The van der Waals surface area contributed by atoms with Gasteiger partial charge < -0.3 is 11.1 Å². The van der Waals surface area contributed by atoms with Gasteiger partial charge in [-0.05, 0) is 37.0 Å². The number of nitrogens with two attached hydrogens (primary N) is 1. The topological polar surface area (TPSA) is 55.1 Å². The smallest absolute Gasteiger partial charge is 0.224 e. The second-order valence-electron chi connectivity index (χ2n) is 4.37. The molecule has 1 aromatic rings. The molecule has 0 fully saturated rings. The lowest BCUT2D eigenvalue weighted by atomic mass is 10.0. The maximum absolute atomic E-state index is 11.4. The number of carbonyl (C=O) groups excluding carboxylic acids is 1. The highest BCUT2D eigenvalue weighted by Gasteiger charge is 2.03. The first-order valence-electron chi connectivity index (χ1n) is 6.30. The fraction of sp³-hybridized carbons (Fsp3) is 0.500. The third kappa shape index (κ3) is 5.00. The van der Waals surface area contributed by atoms with E-state index in [0.29, 0.717) is 6.42 Å². The first kappa shape index (κ1) is 13.7. The van der Waals surface area contributed by atoms with Crippen molar-refractivity contribution in [3.63, 3.8) is 0 Å². The Morgan fingerprint density at radius 1 is 1.29 bits per heavy atom. The van der Waals surface area contributed by atoms with Gasteiger partial charge in [-0.1, -0.05) is 26.0 Å². The van der Waals surface area contributed by atoms with Gasteiger partial charge in [0.15, 0.2) is 0 Å². The Balaban J connectivity index is 2.52. The molecule has 1 unspecified atom stereocenters. The lowest BCUT2D eigenvalue weighted by molar-refractivity contribution is -0.116. The normalized spacial score (nSPS) is 12.2. The molecule has 94 valence electrons. The van der Waals surface area contributed by atoms with E-state index in [9.17, 15) is 4.79 Å². The molecule has 1 rings (SSSR count). The summed E-state index contributed by atoms with van der Waals surface area (Å²) in [6.45, 7) is 4.08. The molecule has 3 nitrogen and oxygen atoms in total. The van der Waals surface area contributed by atoms with E-state index in [1.54, 1.807) is 0 Å². The molecule has 0 saturated heterocycles. The minimum absolute atomic E-state index is 0.0745. The molecular formula is C14H22N2O. The van der Waals surface area contributed by atoms with Crippen molar-refractivity contribution in [3.05, 3.63) is 29.8 Å². The number of nitrogens with one attached hydrogen (secondary N) is 1. The molecule has 1 atom stereocenters. The van der Waals surface area contributed by atoms with Gasteiger partial charge in [0.05, 0.1) is 0 Å². The van der Waals surface area contributed by atoms with Crippen LogP contribution in [0.2, 0.25) is 0 Å². The van der Waals surface area contributed by atoms with Crippen LogP contribution >= 0.6 is 0 Å². The molecule has 0 spiro atoms. The predicted octanol–water partition coefficient (Wildman–Crippen LogP) is 2.71. The van der Waals surface area contributed by atoms with Gasteiger partial charge >= 0.3 is 0 Å². The Bertz CT molecular complexity index is 346. The number of amides is 1. The van der Waals surface area contributed by atoms with Gasteiger partial charge in [-0.2, -0.15) is 0 Å². The lowest BCUT2D eigenvalue weighted by Crippen LogP contribution is -2.21. The monoisotopic (exact) mass is 234 g/mol. The molecule has 0 radical (unpaired) electrons.